The van der Waals surface area contributed by atoms with Crippen LogP contribution in [0.5, 0.6) is 0 Å². The molecule has 1 fully saturated rings. The van der Waals surface area contributed by atoms with E-state index >= 15 is 0 Å². The highest BCUT2D eigenvalue weighted by Gasteiger charge is 2.38. The lowest BCUT2D eigenvalue weighted by molar-refractivity contribution is 0.264. The number of rotatable bonds is 9. The van der Waals surface area contributed by atoms with E-state index in [2.05, 4.69) is 55.5 Å². The Labute approximate surface area is 200 Å². The van der Waals surface area contributed by atoms with E-state index in [1.807, 2.05) is 24.3 Å². The molecular weight excluding hydrogens is 400 g/mol. The van der Waals surface area contributed by atoms with Gasteiger partial charge in [-0.25, -0.2) is 0 Å². The van der Waals surface area contributed by atoms with Crippen molar-refractivity contribution in [1.29, 1.82) is 0 Å². The highest BCUT2D eigenvalue weighted by molar-refractivity contribution is 5.49. The average Bonchev–Trinajstić information content (AvgIpc) is 2.84. The van der Waals surface area contributed by atoms with Crippen LogP contribution in [0.4, 0.5) is 11.4 Å². The van der Waals surface area contributed by atoms with E-state index < -0.39 is 0 Å². The number of aryl methyl sites for hydroxylation is 1. The van der Waals surface area contributed by atoms with E-state index in [0.29, 0.717) is 0 Å². The molecule has 0 amide bonds. The average molecular weight is 441 g/mol. The number of hydrogen-bond donors (Lipinski definition) is 2. The number of nitrogens with two attached hydrogens (primary N) is 2. The van der Waals surface area contributed by atoms with Crippen LogP contribution in [0.15, 0.2) is 72.8 Å². The quantitative estimate of drug-likeness (QED) is 0.265. The summed E-state index contributed by atoms with van der Waals surface area (Å²) in [5.41, 5.74) is 19.5. The summed E-state index contributed by atoms with van der Waals surface area (Å²) in [6.45, 7) is 2.27. The normalized spacial score (nSPS) is 16.0. The molecule has 0 atom stereocenters. The highest BCUT2D eigenvalue weighted by Crippen LogP contribution is 2.47. The molecule has 33 heavy (non-hydrogen) atoms. The first-order valence-corrected chi connectivity index (χ1v) is 12.9. The summed E-state index contributed by atoms with van der Waals surface area (Å²) in [6.07, 6.45) is 12.6. The molecule has 1 aliphatic rings. The molecule has 3 aromatic carbocycles. The fourth-order valence-electron chi connectivity index (χ4n) is 5.65. The van der Waals surface area contributed by atoms with Crippen molar-refractivity contribution in [1.82, 2.24) is 0 Å². The van der Waals surface area contributed by atoms with Crippen molar-refractivity contribution in [2.75, 3.05) is 11.5 Å². The fourth-order valence-corrected chi connectivity index (χ4v) is 5.65. The number of hydrogen-bond acceptors (Lipinski definition) is 2. The third-order valence-electron chi connectivity index (χ3n) is 7.75. The lowest BCUT2D eigenvalue weighted by Gasteiger charge is -2.41. The molecule has 0 spiro atoms. The third-order valence-corrected chi connectivity index (χ3v) is 7.75. The molecule has 174 valence electrons. The van der Waals surface area contributed by atoms with Crippen LogP contribution in [-0.2, 0) is 18.3 Å². The van der Waals surface area contributed by atoms with Gasteiger partial charge in [-0.3, -0.25) is 0 Å². The summed E-state index contributed by atoms with van der Waals surface area (Å²) in [7, 11) is 0. The number of anilines is 2. The number of unbranched alkanes of at least 4 members (excludes halogenated alkanes) is 3. The van der Waals surface area contributed by atoms with Crippen molar-refractivity contribution >= 4 is 11.4 Å². The molecule has 2 nitrogen and oxygen atoms in total. The first-order valence-electron chi connectivity index (χ1n) is 12.9. The second-order valence-corrected chi connectivity index (χ2v) is 10.1. The van der Waals surface area contributed by atoms with Gasteiger partial charge in [-0.1, -0.05) is 74.7 Å². The molecule has 4 N–H and O–H groups in total. The Morgan fingerprint density at radius 2 is 1.18 bits per heavy atom. The number of benzene rings is 3. The zero-order valence-electron chi connectivity index (χ0n) is 20.2. The predicted molar refractivity (Wildman–Crippen MR) is 142 cm³/mol. The van der Waals surface area contributed by atoms with Crippen LogP contribution < -0.4 is 11.5 Å². The van der Waals surface area contributed by atoms with Crippen molar-refractivity contribution in [3.05, 3.63) is 95.1 Å². The summed E-state index contributed by atoms with van der Waals surface area (Å²) in [5, 5.41) is 0. The maximum Gasteiger partial charge on any atom is 0.0314 e. The Morgan fingerprint density at radius 3 is 1.70 bits per heavy atom. The molecule has 0 radical (unpaired) electrons. The number of nitrogen functional groups attached to an aromatic ring is 2. The summed E-state index contributed by atoms with van der Waals surface area (Å²) < 4.78 is 0. The van der Waals surface area contributed by atoms with Gasteiger partial charge in [0.15, 0.2) is 0 Å². The minimum atomic E-state index is 0.0558. The van der Waals surface area contributed by atoms with Crippen molar-refractivity contribution in [3.8, 4) is 0 Å². The molecule has 3 aromatic rings. The van der Waals surface area contributed by atoms with E-state index in [0.717, 1.165) is 17.3 Å². The van der Waals surface area contributed by atoms with Gasteiger partial charge >= 0.3 is 0 Å². The summed E-state index contributed by atoms with van der Waals surface area (Å²) in [5.74, 6) is 0.746. The van der Waals surface area contributed by atoms with Gasteiger partial charge in [-0.15, -0.1) is 0 Å². The van der Waals surface area contributed by atoms with Crippen LogP contribution in [0.3, 0.4) is 0 Å². The van der Waals surface area contributed by atoms with Gasteiger partial charge in [-0.2, -0.15) is 0 Å². The zero-order chi connectivity index (χ0) is 23.1. The minimum Gasteiger partial charge on any atom is -0.399 e. The van der Waals surface area contributed by atoms with Crippen LogP contribution in [0.2, 0.25) is 0 Å². The maximum atomic E-state index is 6.00. The topological polar surface area (TPSA) is 52.0 Å². The zero-order valence-corrected chi connectivity index (χ0v) is 20.2. The van der Waals surface area contributed by atoms with Crippen molar-refractivity contribution < 1.29 is 0 Å². The van der Waals surface area contributed by atoms with Crippen LogP contribution in [-0.4, -0.2) is 0 Å². The second kappa shape index (κ2) is 10.9. The predicted octanol–water partition coefficient (Wildman–Crippen LogP) is 7.69. The Balaban J connectivity index is 1.42. The van der Waals surface area contributed by atoms with Crippen LogP contribution >= 0.6 is 0 Å². The molecule has 0 aromatic heterocycles. The Bertz CT molecular complexity index is 931. The molecule has 1 aliphatic carbocycles. The Hall–Kier alpha value is -2.74. The van der Waals surface area contributed by atoms with Gasteiger partial charge in [0.05, 0.1) is 0 Å². The van der Waals surface area contributed by atoms with Gasteiger partial charge in [0.25, 0.3) is 0 Å². The molecule has 0 bridgehead atoms. The molecule has 4 rings (SSSR count). The summed E-state index contributed by atoms with van der Waals surface area (Å²) in [6, 6.07) is 26.6. The lowest BCUT2D eigenvalue weighted by Crippen LogP contribution is -2.33. The first-order chi connectivity index (χ1) is 16.1. The second-order valence-electron chi connectivity index (χ2n) is 10.1. The first kappa shape index (κ1) is 23.4. The van der Waals surface area contributed by atoms with Crippen LogP contribution in [0.25, 0.3) is 0 Å². The Morgan fingerprint density at radius 1 is 0.667 bits per heavy atom. The molecule has 0 heterocycles. The smallest absolute Gasteiger partial charge is 0.0314 e. The minimum absolute atomic E-state index is 0.0558. The molecular formula is C31H40N2. The van der Waals surface area contributed by atoms with Gasteiger partial charge in [0.1, 0.15) is 0 Å². The summed E-state index contributed by atoms with van der Waals surface area (Å²) >= 11 is 0. The van der Waals surface area contributed by atoms with Crippen molar-refractivity contribution in [2.45, 2.75) is 76.5 Å². The lowest BCUT2D eigenvalue weighted by atomic mass is 9.62. The van der Waals surface area contributed by atoms with Gasteiger partial charge in [0.2, 0.25) is 0 Å². The molecule has 1 saturated carbocycles. The molecule has 0 unspecified atom stereocenters. The van der Waals surface area contributed by atoms with Gasteiger partial charge in [0, 0.05) is 16.8 Å². The Kier molecular flexibility index (Phi) is 7.75. The monoisotopic (exact) mass is 440 g/mol. The van der Waals surface area contributed by atoms with Gasteiger partial charge in [-0.05, 0) is 97.4 Å². The van der Waals surface area contributed by atoms with E-state index in [1.165, 1.54) is 86.5 Å². The third kappa shape index (κ3) is 5.79. The maximum absolute atomic E-state index is 6.00. The van der Waals surface area contributed by atoms with Crippen molar-refractivity contribution in [3.63, 3.8) is 0 Å². The molecule has 0 aliphatic heterocycles. The van der Waals surface area contributed by atoms with E-state index in [1.54, 1.807) is 0 Å². The summed E-state index contributed by atoms with van der Waals surface area (Å²) in [4.78, 5) is 0. The van der Waals surface area contributed by atoms with E-state index in [-0.39, 0.29) is 5.41 Å². The largest absolute Gasteiger partial charge is 0.399 e. The molecule has 0 saturated heterocycles. The fraction of sp³-hybridized carbons (Fsp3) is 0.419. The molecule has 2 heteroatoms. The van der Waals surface area contributed by atoms with Crippen LogP contribution in [0.1, 0.15) is 80.5 Å². The standard InChI is InChI=1S/C31H40N2/c1-2-3-4-5-6-24-7-9-25(10-8-24)23-26-19-21-31(22-20-26,27-11-15-29(32)16-12-27)28-13-17-30(33)18-14-28/h7-18,26H,2-6,19-23,32-33H2,1H3. The SMILES string of the molecule is CCCCCCc1ccc(CC2CCC(c3ccc(N)cc3)(c3ccc(N)cc3)CC2)cc1. The van der Waals surface area contributed by atoms with E-state index in [9.17, 15) is 0 Å². The van der Waals surface area contributed by atoms with Crippen molar-refractivity contribution in [2.24, 2.45) is 5.92 Å². The van der Waals surface area contributed by atoms with E-state index in [4.69, 9.17) is 11.5 Å². The highest BCUT2D eigenvalue weighted by atomic mass is 14.5. The van der Waals surface area contributed by atoms with Gasteiger partial charge < -0.3 is 11.5 Å². The van der Waals surface area contributed by atoms with Crippen LogP contribution in [0, 0.1) is 5.92 Å².